The van der Waals surface area contributed by atoms with Gasteiger partial charge in [-0.2, -0.15) is 0 Å². The highest BCUT2D eigenvalue weighted by Crippen LogP contribution is 2.24. The SMILES string of the molecule is O=[N+]([O-])c1ccc(C=Nc2ccc(N3CC[NH+](CCO)CC3)cc2)s1. The third-order valence-corrected chi connectivity index (χ3v) is 5.26. The molecule has 0 spiro atoms. The van der Waals surface area contributed by atoms with E-state index in [1.807, 2.05) is 12.1 Å². The van der Waals surface area contributed by atoms with Gasteiger partial charge in [-0.1, -0.05) is 11.3 Å². The van der Waals surface area contributed by atoms with Crippen molar-refractivity contribution in [2.45, 2.75) is 0 Å². The molecule has 2 aromatic rings. The topological polar surface area (TPSA) is 83.4 Å². The monoisotopic (exact) mass is 361 g/mol. The molecule has 0 bridgehead atoms. The average molecular weight is 361 g/mol. The zero-order valence-electron chi connectivity index (χ0n) is 13.8. The second-order valence-corrected chi connectivity index (χ2v) is 7.01. The third-order valence-electron chi connectivity index (χ3n) is 4.28. The molecule has 7 nitrogen and oxygen atoms in total. The molecule has 132 valence electrons. The zero-order chi connectivity index (χ0) is 17.6. The van der Waals surface area contributed by atoms with Crippen molar-refractivity contribution in [3.05, 3.63) is 51.4 Å². The number of hydrogen-bond donors (Lipinski definition) is 2. The van der Waals surface area contributed by atoms with Crippen LogP contribution < -0.4 is 9.80 Å². The zero-order valence-corrected chi connectivity index (χ0v) is 14.6. The quantitative estimate of drug-likeness (QED) is 0.459. The van der Waals surface area contributed by atoms with E-state index in [-0.39, 0.29) is 11.6 Å². The summed E-state index contributed by atoms with van der Waals surface area (Å²) < 4.78 is 0. The summed E-state index contributed by atoms with van der Waals surface area (Å²) in [6, 6.07) is 11.2. The predicted molar refractivity (Wildman–Crippen MR) is 99.5 cm³/mol. The Morgan fingerprint density at radius 3 is 2.56 bits per heavy atom. The van der Waals surface area contributed by atoms with Crippen LogP contribution in [0.15, 0.2) is 41.4 Å². The van der Waals surface area contributed by atoms with Crippen LogP contribution in [0.5, 0.6) is 0 Å². The number of benzene rings is 1. The van der Waals surface area contributed by atoms with Crippen LogP contribution in [0.4, 0.5) is 16.4 Å². The summed E-state index contributed by atoms with van der Waals surface area (Å²) >= 11 is 1.11. The number of aliphatic imine (C=N–C) groups is 1. The first-order valence-corrected chi connectivity index (χ1v) is 9.05. The van der Waals surface area contributed by atoms with Crippen LogP contribution in [0.2, 0.25) is 0 Å². The smallest absolute Gasteiger partial charge is 0.324 e. The van der Waals surface area contributed by atoms with Gasteiger partial charge in [0.05, 0.1) is 48.3 Å². The molecule has 8 heteroatoms. The predicted octanol–water partition coefficient (Wildman–Crippen LogP) is 1.10. The molecular formula is C17H21N4O3S+. The Morgan fingerprint density at radius 1 is 1.24 bits per heavy atom. The number of anilines is 1. The van der Waals surface area contributed by atoms with Gasteiger partial charge >= 0.3 is 5.00 Å². The number of nitrogens with one attached hydrogen (secondary N) is 1. The second kappa shape index (κ2) is 8.19. The molecule has 1 aliphatic heterocycles. The van der Waals surface area contributed by atoms with E-state index in [2.05, 4.69) is 22.0 Å². The Labute approximate surface area is 150 Å². The summed E-state index contributed by atoms with van der Waals surface area (Å²) in [5, 5.41) is 19.8. The van der Waals surface area contributed by atoms with Gasteiger partial charge in [0.2, 0.25) is 0 Å². The fourth-order valence-corrected chi connectivity index (χ4v) is 3.58. The minimum absolute atomic E-state index is 0.124. The molecule has 0 radical (unpaired) electrons. The summed E-state index contributed by atoms with van der Waals surface area (Å²) in [6.45, 7) is 5.11. The van der Waals surface area contributed by atoms with Crippen molar-refractivity contribution in [1.82, 2.24) is 0 Å². The molecule has 2 heterocycles. The maximum atomic E-state index is 10.7. The highest BCUT2D eigenvalue weighted by Gasteiger charge is 2.19. The lowest BCUT2D eigenvalue weighted by molar-refractivity contribution is -0.900. The van der Waals surface area contributed by atoms with Gasteiger partial charge in [-0.05, 0) is 30.3 Å². The molecular weight excluding hydrogens is 340 g/mol. The third kappa shape index (κ3) is 4.62. The summed E-state index contributed by atoms with van der Waals surface area (Å²) in [6.07, 6.45) is 1.66. The van der Waals surface area contributed by atoms with Crippen LogP contribution in [0, 0.1) is 10.1 Å². The Kier molecular flexibility index (Phi) is 5.75. The van der Waals surface area contributed by atoms with Gasteiger partial charge < -0.3 is 14.9 Å². The Bertz CT molecular complexity index is 737. The number of quaternary nitrogens is 1. The van der Waals surface area contributed by atoms with E-state index in [4.69, 9.17) is 5.11 Å². The van der Waals surface area contributed by atoms with Gasteiger partial charge in [-0.3, -0.25) is 15.1 Å². The molecule has 1 aliphatic rings. The molecule has 0 unspecified atom stereocenters. The van der Waals surface area contributed by atoms with Gasteiger partial charge in [0, 0.05) is 18.0 Å². The van der Waals surface area contributed by atoms with Gasteiger partial charge in [0.25, 0.3) is 0 Å². The molecule has 1 fully saturated rings. The highest BCUT2D eigenvalue weighted by atomic mass is 32.1. The lowest BCUT2D eigenvalue weighted by Gasteiger charge is -2.33. The van der Waals surface area contributed by atoms with Crippen molar-refractivity contribution in [3.63, 3.8) is 0 Å². The number of nitro groups is 1. The Morgan fingerprint density at radius 2 is 1.96 bits per heavy atom. The van der Waals surface area contributed by atoms with Crippen molar-refractivity contribution < 1.29 is 14.9 Å². The number of aliphatic hydroxyl groups is 1. The first-order valence-electron chi connectivity index (χ1n) is 8.23. The first kappa shape index (κ1) is 17.5. The number of rotatable bonds is 6. The summed E-state index contributed by atoms with van der Waals surface area (Å²) in [7, 11) is 0. The molecule has 1 aromatic heterocycles. The fraction of sp³-hybridized carbons (Fsp3) is 0.353. The van der Waals surface area contributed by atoms with Crippen molar-refractivity contribution in [3.8, 4) is 0 Å². The minimum atomic E-state index is -0.390. The number of thiophene rings is 1. The van der Waals surface area contributed by atoms with Crippen LogP contribution in [0.3, 0.4) is 0 Å². The van der Waals surface area contributed by atoms with E-state index in [1.165, 1.54) is 16.7 Å². The van der Waals surface area contributed by atoms with Crippen molar-refractivity contribution in [2.24, 2.45) is 4.99 Å². The number of piperazine rings is 1. The van der Waals surface area contributed by atoms with Gasteiger partial charge in [-0.25, -0.2) is 0 Å². The van der Waals surface area contributed by atoms with Crippen molar-refractivity contribution >= 4 is 33.9 Å². The maximum absolute atomic E-state index is 10.7. The molecule has 0 amide bonds. The first-order chi connectivity index (χ1) is 12.2. The summed E-state index contributed by atoms with van der Waals surface area (Å²) in [4.78, 5) is 19.2. The standard InChI is InChI=1S/C17H20N4O3S/c22-12-11-19-7-9-20(10-8-19)15-3-1-14(2-4-15)18-13-16-5-6-17(25-16)21(23)24/h1-6,13,22H,7-12H2/p+1. The highest BCUT2D eigenvalue weighted by molar-refractivity contribution is 7.16. The lowest BCUT2D eigenvalue weighted by Crippen LogP contribution is -3.15. The largest absolute Gasteiger partial charge is 0.391 e. The molecule has 2 N–H and O–H groups in total. The van der Waals surface area contributed by atoms with Crippen LogP contribution in [0.1, 0.15) is 4.88 Å². The fourth-order valence-electron chi connectivity index (χ4n) is 2.89. The van der Waals surface area contributed by atoms with Crippen molar-refractivity contribution in [2.75, 3.05) is 44.2 Å². The molecule has 1 aromatic carbocycles. The number of nitrogens with zero attached hydrogens (tertiary/aromatic N) is 3. The summed E-state index contributed by atoms with van der Waals surface area (Å²) in [5.74, 6) is 0. The van der Waals surface area contributed by atoms with Crippen LogP contribution in [0.25, 0.3) is 0 Å². The number of hydrogen-bond acceptors (Lipinski definition) is 6. The van der Waals surface area contributed by atoms with E-state index in [9.17, 15) is 10.1 Å². The summed E-state index contributed by atoms with van der Waals surface area (Å²) in [5.41, 5.74) is 2.00. The van der Waals surface area contributed by atoms with Crippen molar-refractivity contribution in [1.29, 1.82) is 0 Å². The van der Waals surface area contributed by atoms with Crippen LogP contribution in [-0.4, -0.2) is 55.6 Å². The Balaban J connectivity index is 1.58. The normalized spacial score (nSPS) is 15.8. The molecule has 3 rings (SSSR count). The Hall–Kier alpha value is -2.29. The van der Waals surface area contributed by atoms with E-state index in [0.717, 1.165) is 54.6 Å². The maximum Gasteiger partial charge on any atom is 0.324 e. The second-order valence-electron chi connectivity index (χ2n) is 5.92. The molecule has 1 saturated heterocycles. The molecule has 0 saturated carbocycles. The average Bonchev–Trinajstić information content (AvgIpc) is 3.11. The molecule has 0 aliphatic carbocycles. The van der Waals surface area contributed by atoms with E-state index < -0.39 is 4.92 Å². The van der Waals surface area contributed by atoms with Crippen LogP contribution in [-0.2, 0) is 0 Å². The van der Waals surface area contributed by atoms with Gasteiger partial charge in [0.1, 0.15) is 6.54 Å². The van der Waals surface area contributed by atoms with Gasteiger partial charge in [0.15, 0.2) is 0 Å². The molecule has 0 atom stereocenters. The van der Waals surface area contributed by atoms with Gasteiger partial charge in [-0.15, -0.1) is 0 Å². The lowest BCUT2D eigenvalue weighted by atomic mass is 10.2. The van der Waals surface area contributed by atoms with Crippen LogP contribution >= 0.6 is 11.3 Å². The van der Waals surface area contributed by atoms with E-state index in [0.29, 0.717) is 0 Å². The number of aliphatic hydroxyl groups excluding tert-OH is 1. The van der Waals surface area contributed by atoms with E-state index >= 15 is 0 Å². The minimum Gasteiger partial charge on any atom is -0.391 e. The van der Waals surface area contributed by atoms with E-state index in [1.54, 1.807) is 12.3 Å². The molecule has 25 heavy (non-hydrogen) atoms.